The van der Waals surface area contributed by atoms with E-state index in [1.54, 1.807) is 17.0 Å². The molecule has 1 saturated carbocycles. The number of rotatable bonds is 9. The number of halogens is 1. The van der Waals surface area contributed by atoms with E-state index in [0.29, 0.717) is 24.2 Å². The predicted octanol–water partition coefficient (Wildman–Crippen LogP) is 6.94. The third-order valence-electron chi connectivity index (χ3n) is 9.48. The van der Waals surface area contributed by atoms with E-state index in [4.69, 9.17) is 16.3 Å². The quantitative estimate of drug-likeness (QED) is 0.192. The van der Waals surface area contributed by atoms with Crippen molar-refractivity contribution in [3.05, 3.63) is 45.5 Å². The topological polar surface area (TPSA) is 87.1 Å². The standard InChI is InChI=1S/C32H43BClNO5/c1-3-8-20(16-21-13-14-24(36)18-27(21)34)12-15-28-29-22(9-4-2)17-25-30(26(29)19-33(39)40-28)32(38)35(31(25)37)23-10-6-5-7-11-23/h13-14,16,18,23,25-26,28,30,36,39H,3-12,15,17,19H2,1-2H3/b20-16+/t25-,26+,28-,30-/m1/s1. The third-order valence-corrected chi connectivity index (χ3v) is 9.80. The van der Waals surface area contributed by atoms with E-state index in [9.17, 15) is 19.7 Å². The Kier molecular flexibility index (Phi) is 9.43. The van der Waals surface area contributed by atoms with Crippen molar-refractivity contribution in [2.24, 2.45) is 17.8 Å². The second kappa shape index (κ2) is 12.8. The van der Waals surface area contributed by atoms with E-state index < -0.39 is 7.12 Å². The Hall–Kier alpha value is -2.09. The van der Waals surface area contributed by atoms with Crippen molar-refractivity contribution in [1.82, 2.24) is 4.90 Å². The first-order valence-corrected chi connectivity index (χ1v) is 15.8. The van der Waals surface area contributed by atoms with E-state index in [2.05, 4.69) is 19.9 Å². The molecule has 4 atom stereocenters. The van der Waals surface area contributed by atoms with Crippen molar-refractivity contribution in [3.8, 4) is 5.75 Å². The predicted molar refractivity (Wildman–Crippen MR) is 159 cm³/mol. The molecule has 2 aliphatic heterocycles. The first kappa shape index (κ1) is 29.4. The average molecular weight is 568 g/mol. The van der Waals surface area contributed by atoms with E-state index >= 15 is 0 Å². The normalized spacial score (nSPS) is 27.9. The molecule has 0 unspecified atom stereocenters. The molecule has 2 amide bonds. The molecule has 0 aromatic heterocycles. The van der Waals surface area contributed by atoms with Crippen LogP contribution in [0.3, 0.4) is 0 Å². The highest BCUT2D eigenvalue weighted by Gasteiger charge is 2.58. The van der Waals surface area contributed by atoms with Crippen LogP contribution in [-0.4, -0.2) is 46.1 Å². The number of carbonyl (C=O) groups excluding carboxylic acids is 2. The number of phenolic OH excluding ortho intramolecular Hbond substituents is 1. The summed E-state index contributed by atoms with van der Waals surface area (Å²) in [6.45, 7) is 4.30. The van der Waals surface area contributed by atoms with Crippen molar-refractivity contribution < 1.29 is 24.4 Å². The van der Waals surface area contributed by atoms with Crippen LogP contribution < -0.4 is 0 Å². The maximum absolute atomic E-state index is 13.9. The molecular formula is C32H43BClNO5. The summed E-state index contributed by atoms with van der Waals surface area (Å²) >= 11 is 6.40. The number of amides is 2. The van der Waals surface area contributed by atoms with Crippen LogP contribution in [0.25, 0.3) is 6.08 Å². The molecule has 5 rings (SSSR count). The Bertz CT molecular complexity index is 1180. The maximum atomic E-state index is 13.9. The van der Waals surface area contributed by atoms with Gasteiger partial charge in [0.05, 0.1) is 23.0 Å². The lowest BCUT2D eigenvalue weighted by Crippen LogP contribution is -2.46. The van der Waals surface area contributed by atoms with E-state index in [0.717, 1.165) is 63.4 Å². The molecular weight excluding hydrogens is 525 g/mol. The van der Waals surface area contributed by atoms with Gasteiger partial charge in [-0.15, -0.1) is 0 Å². The number of hydrogen-bond donors (Lipinski definition) is 2. The van der Waals surface area contributed by atoms with Crippen molar-refractivity contribution in [1.29, 1.82) is 0 Å². The summed E-state index contributed by atoms with van der Waals surface area (Å²) in [5.74, 6) is -0.685. The molecule has 1 aromatic rings. The molecule has 0 radical (unpaired) electrons. The van der Waals surface area contributed by atoms with Crippen molar-refractivity contribution in [3.63, 3.8) is 0 Å². The number of nitrogens with zero attached hydrogens (tertiary/aromatic N) is 1. The number of imide groups is 1. The molecule has 2 N–H and O–H groups in total. The summed E-state index contributed by atoms with van der Waals surface area (Å²) < 4.78 is 6.21. The van der Waals surface area contributed by atoms with Gasteiger partial charge in [-0.25, -0.2) is 0 Å². The van der Waals surface area contributed by atoms with Crippen LogP contribution >= 0.6 is 11.6 Å². The molecule has 0 spiro atoms. The Morgan fingerprint density at radius 2 is 1.88 bits per heavy atom. The van der Waals surface area contributed by atoms with Crippen LogP contribution in [0.1, 0.15) is 96.5 Å². The van der Waals surface area contributed by atoms with Crippen LogP contribution in [0.15, 0.2) is 34.9 Å². The average Bonchev–Trinajstić information content (AvgIpc) is 3.18. The molecule has 216 valence electrons. The number of likely N-dealkylation sites (tertiary alicyclic amines) is 1. The van der Waals surface area contributed by atoms with Crippen molar-refractivity contribution >= 4 is 36.6 Å². The molecule has 8 heteroatoms. The van der Waals surface area contributed by atoms with Crippen molar-refractivity contribution in [2.75, 3.05) is 0 Å². The first-order valence-electron chi connectivity index (χ1n) is 15.4. The number of hydrogen-bond acceptors (Lipinski definition) is 5. The molecule has 2 aliphatic carbocycles. The fourth-order valence-electron chi connectivity index (χ4n) is 7.79. The summed E-state index contributed by atoms with van der Waals surface area (Å²) in [4.78, 5) is 29.3. The van der Waals surface area contributed by atoms with Gasteiger partial charge in [0.1, 0.15) is 5.75 Å². The van der Waals surface area contributed by atoms with Gasteiger partial charge in [-0.2, -0.15) is 0 Å². The van der Waals surface area contributed by atoms with Crippen LogP contribution in [-0.2, 0) is 14.2 Å². The summed E-state index contributed by atoms with van der Waals surface area (Å²) in [5.41, 5.74) is 4.55. The number of allylic oxidation sites excluding steroid dienone is 2. The molecule has 4 aliphatic rings. The van der Waals surface area contributed by atoms with E-state index in [-0.39, 0.29) is 47.5 Å². The minimum absolute atomic E-state index is 0.0126. The smallest absolute Gasteiger partial charge is 0.455 e. The van der Waals surface area contributed by atoms with Crippen LogP contribution in [0.2, 0.25) is 11.3 Å². The zero-order valence-corrected chi connectivity index (χ0v) is 24.7. The fourth-order valence-corrected chi connectivity index (χ4v) is 8.02. The number of benzene rings is 1. The Morgan fingerprint density at radius 1 is 1.10 bits per heavy atom. The molecule has 2 saturated heterocycles. The minimum Gasteiger partial charge on any atom is -0.508 e. The molecule has 1 aromatic carbocycles. The van der Waals surface area contributed by atoms with Gasteiger partial charge in [0.25, 0.3) is 0 Å². The summed E-state index contributed by atoms with van der Waals surface area (Å²) in [7, 11) is -0.947. The minimum atomic E-state index is -0.947. The largest absolute Gasteiger partial charge is 0.508 e. The van der Waals surface area contributed by atoms with Gasteiger partial charge in [-0.05, 0) is 86.5 Å². The molecule has 0 bridgehead atoms. The number of phenols is 1. The van der Waals surface area contributed by atoms with Gasteiger partial charge >= 0.3 is 7.12 Å². The molecule has 2 heterocycles. The zero-order chi connectivity index (χ0) is 28.4. The first-order chi connectivity index (χ1) is 19.3. The summed E-state index contributed by atoms with van der Waals surface area (Å²) in [6.07, 6.45) is 13.2. The number of aromatic hydroxyl groups is 1. The Labute approximate surface area is 243 Å². The Morgan fingerprint density at radius 3 is 2.58 bits per heavy atom. The molecule has 3 fully saturated rings. The summed E-state index contributed by atoms with van der Waals surface area (Å²) in [5, 5.41) is 21.1. The number of fused-ring (bicyclic) bond motifs is 3. The Balaban J connectivity index is 1.41. The zero-order valence-electron chi connectivity index (χ0n) is 23.9. The summed E-state index contributed by atoms with van der Waals surface area (Å²) in [6, 6.07) is 5.06. The second-order valence-corrected chi connectivity index (χ2v) is 12.6. The molecule has 40 heavy (non-hydrogen) atoms. The van der Waals surface area contributed by atoms with Gasteiger partial charge in [-0.1, -0.05) is 74.8 Å². The van der Waals surface area contributed by atoms with Gasteiger partial charge < -0.3 is 14.8 Å². The third kappa shape index (κ3) is 5.93. The lowest BCUT2D eigenvalue weighted by Gasteiger charge is -2.43. The van der Waals surface area contributed by atoms with Crippen LogP contribution in [0, 0.1) is 17.8 Å². The van der Waals surface area contributed by atoms with Gasteiger partial charge in [-0.3, -0.25) is 14.5 Å². The van der Waals surface area contributed by atoms with Gasteiger partial charge in [0, 0.05) is 6.04 Å². The van der Waals surface area contributed by atoms with Crippen molar-refractivity contribution in [2.45, 2.75) is 109 Å². The second-order valence-electron chi connectivity index (χ2n) is 12.2. The maximum Gasteiger partial charge on any atom is 0.455 e. The van der Waals surface area contributed by atoms with E-state index in [1.165, 1.54) is 23.1 Å². The lowest BCUT2D eigenvalue weighted by atomic mass is 9.58. The lowest BCUT2D eigenvalue weighted by molar-refractivity contribution is -0.143. The SMILES string of the molecule is CCCC1=C2[C@@H](CC/C(=C/c3ccc(O)cc3Cl)CCC)OB(O)C[C@@H]2[C@@H]2C(=O)N(C3CCCCC3)C(=O)[C@@H]2C1. The molecule has 6 nitrogen and oxygen atoms in total. The highest BCUT2D eigenvalue weighted by Crippen LogP contribution is 2.52. The van der Waals surface area contributed by atoms with Crippen LogP contribution in [0.5, 0.6) is 5.75 Å². The van der Waals surface area contributed by atoms with Gasteiger partial charge in [0.15, 0.2) is 0 Å². The highest BCUT2D eigenvalue weighted by molar-refractivity contribution is 6.43. The van der Waals surface area contributed by atoms with Gasteiger partial charge in [0.2, 0.25) is 11.8 Å². The highest BCUT2D eigenvalue weighted by atomic mass is 35.5. The number of carbonyl (C=O) groups is 2. The fraction of sp³-hybridized carbons (Fsp3) is 0.625. The van der Waals surface area contributed by atoms with E-state index in [1.807, 2.05) is 6.07 Å². The monoisotopic (exact) mass is 567 g/mol. The van der Waals surface area contributed by atoms with Crippen LogP contribution in [0.4, 0.5) is 0 Å².